The first-order valence-corrected chi connectivity index (χ1v) is 9.66. The molecule has 0 radical (unpaired) electrons. The van der Waals surface area contributed by atoms with Crippen LogP contribution in [0.25, 0.3) is 0 Å². The number of rotatable bonds is 6. The number of nitrogens with zero attached hydrogens (tertiary/aromatic N) is 1. The number of anilines is 1. The summed E-state index contributed by atoms with van der Waals surface area (Å²) in [5.41, 5.74) is 1.37. The van der Waals surface area contributed by atoms with E-state index in [1.807, 2.05) is 0 Å². The standard InChI is InChI=1S/C17H18Cl2N2O3S/c1-21(2)25(23,24)14-7-3-12(4-8-14)5-10-17(22)20-16-9-6-13(18)11-15(16)19/h3-4,6-9,11H,5,10H2,1-2H3,(H,20,22). The summed E-state index contributed by atoms with van der Waals surface area (Å²) in [4.78, 5) is 12.3. The molecular formula is C17H18Cl2N2O3S. The number of sulfonamides is 1. The predicted molar refractivity (Wildman–Crippen MR) is 101 cm³/mol. The van der Waals surface area contributed by atoms with E-state index in [1.165, 1.54) is 14.1 Å². The molecule has 0 saturated heterocycles. The minimum absolute atomic E-state index is 0.186. The van der Waals surface area contributed by atoms with Gasteiger partial charge in [-0.3, -0.25) is 4.79 Å². The molecule has 1 N–H and O–H groups in total. The molecule has 5 nitrogen and oxygen atoms in total. The van der Waals surface area contributed by atoms with Gasteiger partial charge in [-0.1, -0.05) is 35.3 Å². The number of carbonyl (C=O) groups is 1. The Morgan fingerprint density at radius 2 is 1.72 bits per heavy atom. The van der Waals surface area contributed by atoms with Gasteiger partial charge in [0.25, 0.3) is 0 Å². The maximum Gasteiger partial charge on any atom is 0.242 e. The van der Waals surface area contributed by atoms with Crippen LogP contribution in [-0.2, 0) is 21.2 Å². The number of aryl methyl sites for hydroxylation is 1. The van der Waals surface area contributed by atoms with Crippen LogP contribution in [0.1, 0.15) is 12.0 Å². The van der Waals surface area contributed by atoms with Crippen LogP contribution in [0.15, 0.2) is 47.4 Å². The van der Waals surface area contributed by atoms with Crippen LogP contribution in [0, 0.1) is 0 Å². The van der Waals surface area contributed by atoms with Gasteiger partial charge < -0.3 is 5.32 Å². The number of halogens is 2. The average molecular weight is 401 g/mol. The van der Waals surface area contributed by atoms with Crippen molar-refractivity contribution < 1.29 is 13.2 Å². The summed E-state index contributed by atoms with van der Waals surface area (Å²) in [5.74, 6) is -0.186. The first-order valence-electron chi connectivity index (χ1n) is 7.46. The molecular weight excluding hydrogens is 383 g/mol. The molecule has 2 aromatic rings. The van der Waals surface area contributed by atoms with Gasteiger partial charge in [-0.15, -0.1) is 0 Å². The lowest BCUT2D eigenvalue weighted by Gasteiger charge is -2.11. The van der Waals surface area contributed by atoms with E-state index in [9.17, 15) is 13.2 Å². The van der Waals surface area contributed by atoms with Crippen LogP contribution < -0.4 is 5.32 Å². The Labute approximate surface area is 157 Å². The zero-order valence-electron chi connectivity index (χ0n) is 13.8. The zero-order valence-corrected chi connectivity index (χ0v) is 16.1. The highest BCUT2D eigenvalue weighted by Gasteiger charge is 2.16. The highest BCUT2D eigenvalue weighted by Crippen LogP contribution is 2.25. The highest BCUT2D eigenvalue weighted by molar-refractivity contribution is 7.89. The maximum absolute atomic E-state index is 12.0. The largest absolute Gasteiger partial charge is 0.325 e. The van der Waals surface area contributed by atoms with Crippen LogP contribution in [0.4, 0.5) is 5.69 Å². The molecule has 0 aromatic heterocycles. The van der Waals surface area contributed by atoms with Gasteiger partial charge in [-0.2, -0.15) is 0 Å². The van der Waals surface area contributed by atoms with Crippen molar-refractivity contribution in [3.63, 3.8) is 0 Å². The molecule has 0 unspecified atom stereocenters. The fraction of sp³-hybridized carbons (Fsp3) is 0.235. The van der Waals surface area contributed by atoms with Crippen molar-refractivity contribution in [2.75, 3.05) is 19.4 Å². The van der Waals surface area contributed by atoms with Crippen LogP contribution in [0.5, 0.6) is 0 Å². The van der Waals surface area contributed by atoms with E-state index >= 15 is 0 Å². The van der Waals surface area contributed by atoms with Gasteiger partial charge in [0, 0.05) is 25.5 Å². The number of amides is 1. The lowest BCUT2D eigenvalue weighted by molar-refractivity contribution is -0.116. The Morgan fingerprint density at radius 3 is 2.28 bits per heavy atom. The lowest BCUT2D eigenvalue weighted by atomic mass is 10.1. The average Bonchev–Trinajstić information content (AvgIpc) is 2.56. The molecule has 8 heteroatoms. The fourth-order valence-corrected chi connectivity index (χ4v) is 3.46. The topological polar surface area (TPSA) is 66.5 Å². The SMILES string of the molecule is CN(C)S(=O)(=O)c1ccc(CCC(=O)Nc2ccc(Cl)cc2Cl)cc1. The quantitative estimate of drug-likeness (QED) is 0.801. The third-order valence-electron chi connectivity index (χ3n) is 3.55. The maximum atomic E-state index is 12.0. The summed E-state index contributed by atoms with van der Waals surface area (Å²) in [6, 6.07) is 11.3. The van der Waals surface area contributed by atoms with Crippen LogP contribution in [0.3, 0.4) is 0 Å². The summed E-state index contributed by atoms with van der Waals surface area (Å²) >= 11 is 11.8. The van der Waals surface area contributed by atoms with Crippen molar-refractivity contribution >= 4 is 44.8 Å². The van der Waals surface area contributed by atoms with Gasteiger partial charge in [0.15, 0.2) is 0 Å². The second-order valence-electron chi connectivity index (χ2n) is 5.60. The van der Waals surface area contributed by atoms with E-state index in [1.54, 1.807) is 42.5 Å². The third-order valence-corrected chi connectivity index (χ3v) is 5.93. The van der Waals surface area contributed by atoms with Crippen molar-refractivity contribution in [3.05, 3.63) is 58.1 Å². The molecule has 2 aromatic carbocycles. The molecule has 2 rings (SSSR count). The minimum atomic E-state index is -3.45. The number of benzene rings is 2. The van der Waals surface area contributed by atoms with Gasteiger partial charge in [-0.25, -0.2) is 12.7 Å². The van der Waals surface area contributed by atoms with Crippen molar-refractivity contribution in [3.8, 4) is 0 Å². The molecule has 134 valence electrons. The summed E-state index contributed by atoms with van der Waals surface area (Å²) in [7, 11) is -0.482. The minimum Gasteiger partial charge on any atom is -0.325 e. The highest BCUT2D eigenvalue weighted by atomic mass is 35.5. The first kappa shape index (κ1) is 19.7. The van der Waals surface area contributed by atoms with Gasteiger partial charge in [0.1, 0.15) is 0 Å². The molecule has 0 atom stereocenters. The molecule has 0 aliphatic carbocycles. The van der Waals surface area contributed by atoms with E-state index in [-0.39, 0.29) is 17.2 Å². The fourth-order valence-electron chi connectivity index (χ4n) is 2.10. The Morgan fingerprint density at radius 1 is 1.08 bits per heavy atom. The third kappa shape index (κ3) is 5.19. The molecule has 25 heavy (non-hydrogen) atoms. The lowest BCUT2D eigenvalue weighted by Crippen LogP contribution is -2.22. The normalized spacial score (nSPS) is 11.6. The number of hydrogen-bond donors (Lipinski definition) is 1. The van der Waals surface area contributed by atoms with Crippen molar-refractivity contribution in [2.45, 2.75) is 17.7 Å². The first-order chi connectivity index (χ1) is 11.7. The molecule has 1 amide bonds. The van der Waals surface area contributed by atoms with E-state index in [2.05, 4.69) is 5.32 Å². The molecule has 0 saturated carbocycles. The summed E-state index contributed by atoms with van der Waals surface area (Å²) in [5, 5.41) is 3.60. The van der Waals surface area contributed by atoms with E-state index < -0.39 is 10.0 Å². The molecule has 0 heterocycles. The van der Waals surface area contributed by atoms with E-state index in [0.29, 0.717) is 22.2 Å². The van der Waals surface area contributed by atoms with Gasteiger partial charge in [-0.05, 0) is 42.3 Å². The zero-order chi connectivity index (χ0) is 18.6. The smallest absolute Gasteiger partial charge is 0.242 e. The monoisotopic (exact) mass is 400 g/mol. The van der Waals surface area contributed by atoms with Crippen molar-refractivity contribution in [2.24, 2.45) is 0 Å². The van der Waals surface area contributed by atoms with Gasteiger partial charge in [0.2, 0.25) is 15.9 Å². The van der Waals surface area contributed by atoms with E-state index in [4.69, 9.17) is 23.2 Å². The Balaban J connectivity index is 1.96. The van der Waals surface area contributed by atoms with Crippen molar-refractivity contribution in [1.82, 2.24) is 4.31 Å². The van der Waals surface area contributed by atoms with Crippen LogP contribution in [-0.4, -0.2) is 32.7 Å². The van der Waals surface area contributed by atoms with Crippen LogP contribution in [0.2, 0.25) is 10.0 Å². The van der Waals surface area contributed by atoms with Crippen LogP contribution >= 0.6 is 23.2 Å². The summed E-state index contributed by atoms with van der Waals surface area (Å²) in [6.07, 6.45) is 0.734. The molecule has 0 aliphatic rings. The van der Waals surface area contributed by atoms with Gasteiger partial charge >= 0.3 is 0 Å². The van der Waals surface area contributed by atoms with Crippen molar-refractivity contribution in [1.29, 1.82) is 0 Å². The Hall–Kier alpha value is -1.60. The second kappa shape index (κ2) is 8.19. The number of nitrogens with one attached hydrogen (secondary N) is 1. The Kier molecular flexibility index (Phi) is 6.46. The summed E-state index contributed by atoms with van der Waals surface area (Å²) in [6.45, 7) is 0. The number of hydrogen-bond acceptors (Lipinski definition) is 3. The molecule has 0 spiro atoms. The molecule has 0 aliphatic heterocycles. The molecule has 0 bridgehead atoms. The summed E-state index contributed by atoms with van der Waals surface area (Å²) < 4.78 is 25.2. The van der Waals surface area contributed by atoms with Gasteiger partial charge in [0.05, 0.1) is 15.6 Å². The number of carbonyl (C=O) groups excluding carboxylic acids is 1. The second-order valence-corrected chi connectivity index (χ2v) is 8.60. The predicted octanol–water partition coefficient (Wildman–Crippen LogP) is 3.82. The Bertz CT molecular complexity index is 866. The van der Waals surface area contributed by atoms with E-state index in [0.717, 1.165) is 9.87 Å². The molecule has 0 fully saturated rings.